The molecule has 0 amide bonds. The van der Waals surface area contributed by atoms with Crippen LogP contribution in [0, 0.1) is 0 Å². The Hall–Kier alpha value is -2.86. The average molecular weight is 386 g/mol. The molecule has 0 radical (unpaired) electrons. The van der Waals surface area contributed by atoms with Gasteiger partial charge in [0.2, 0.25) is 0 Å². The minimum atomic E-state index is -4.46. The molecule has 1 N–H and O–H groups in total. The van der Waals surface area contributed by atoms with Gasteiger partial charge in [-0.2, -0.15) is 13.2 Å². The Morgan fingerprint density at radius 2 is 1.79 bits per heavy atom. The van der Waals surface area contributed by atoms with Crippen LogP contribution in [0.2, 0.25) is 0 Å². The number of nitrogens with one attached hydrogen (secondary N) is 1. The van der Waals surface area contributed by atoms with Gasteiger partial charge in [-0.3, -0.25) is 4.98 Å². The molecule has 0 saturated carbocycles. The Morgan fingerprint density at radius 3 is 2.39 bits per heavy atom. The smallest absolute Gasteiger partial charge is 0.433 e. The van der Waals surface area contributed by atoms with Gasteiger partial charge in [0, 0.05) is 29.9 Å². The topological polar surface area (TPSA) is 34.1 Å². The lowest BCUT2D eigenvalue weighted by Gasteiger charge is -2.16. The minimum absolute atomic E-state index is 0.166. The van der Waals surface area contributed by atoms with Crippen molar-refractivity contribution in [2.24, 2.45) is 0 Å². The van der Waals surface area contributed by atoms with E-state index in [0.717, 1.165) is 11.6 Å². The summed E-state index contributed by atoms with van der Waals surface area (Å²) in [4.78, 5) is 3.55. The molecule has 0 aliphatic carbocycles. The SMILES string of the molecule is COc1ccc(CN[C@H](C)c2ccccc2)cc1-c1ccc(C(F)(F)F)nc1. The van der Waals surface area contributed by atoms with Gasteiger partial charge in [0.25, 0.3) is 0 Å². The number of pyridine rings is 1. The lowest BCUT2D eigenvalue weighted by Crippen LogP contribution is -2.18. The lowest BCUT2D eigenvalue weighted by atomic mass is 10.0. The number of aromatic nitrogens is 1. The van der Waals surface area contributed by atoms with Crippen LogP contribution in [-0.4, -0.2) is 12.1 Å². The molecule has 0 fully saturated rings. The van der Waals surface area contributed by atoms with Crippen LogP contribution < -0.4 is 10.1 Å². The maximum atomic E-state index is 12.8. The number of alkyl halides is 3. The summed E-state index contributed by atoms with van der Waals surface area (Å²) in [7, 11) is 1.53. The molecule has 28 heavy (non-hydrogen) atoms. The second-order valence-electron chi connectivity index (χ2n) is 6.48. The lowest BCUT2D eigenvalue weighted by molar-refractivity contribution is -0.141. The van der Waals surface area contributed by atoms with E-state index < -0.39 is 11.9 Å². The van der Waals surface area contributed by atoms with E-state index in [1.165, 1.54) is 24.9 Å². The summed E-state index contributed by atoms with van der Waals surface area (Å²) >= 11 is 0. The zero-order chi connectivity index (χ0) is 20.1. The van der Waals surface area contributed by atoms with E-state index in [4.69, 9.17) is 4.74 Å². The van der Waals surface area contributed by atoms with Gasteiger partial charge in [-0.25, -0.2) is 0 Å². The van der Waals surface area contributed by atoms with Crippen molar-refractivity contribution in [2.45, 2.75) is 25.7 Å². The molecular weight excluding hydrogens is 365 g/mol. The summed E-state index contributed by atoms with van der Waals surface area (Å²) in [5.74, 6) is 0.585. The summed E-state index contributed by atoms with van der Waals surface area (Å²) in [5.41, 5.74) is 2.55. The zero-order valence-corrected chi connectivity index (χ0v) is 15.6. The molecule has 2 aromatic carbocycles. The summed E-state index contributed by atoms with van der Waals surface area (Å²) in [6.07, 6.45) is -3.23. The summed E-state index contributed by atoms with van der Waals surface area (Å²) in [6, 6.07) is 18.3. The third-order valence-corrected chi connectivity index (χ3v) is 4.54. The molecule has 0 aliphatic rings. The van der Waals surface area contributed by atoms with E-state index in [-0.39, 0.29) is 6.04 Å². The molecule has 3 rings (SSSR count). The Kier molecular flexibility index (Phi) is 5.99. The van der Waals surface area contributed by atoms with Crippen LogP contribution in [0.3, 0.4) is 0 Å². The van der Waals surface area contributed by atoms with Crippen molar-refractivity contribution >= 4 is 0 Å². The van der Waals surface area contributed by atoms with E-state index in [9.17, 15) is 13.2 Å². The highest BCUT2D eigenvalue weighted by atomic mass is 19.4. The first-order valence-corrected chi connectivity index (χ1v) is 8.87. The quantitative estimate of drug-likeness (QED) is 0.596. The Bertz CT molecular complexity index is 909. The fourth-order valence-electron chi connectivity index (χ4n) is 2.94. The van der Waals surface area contributed by atoms with Gasteiger partial charge in [0.15, 0.2) is 0 Å². The van der Waals surface area contributed by atoms with Crippen molar-refractivity contribution in [1.29, 1.82) is 0 Å². The Balaban J connectivity index is 1.80. The maximum Gasteiger partial charge on any atom is 0.433 e. The third-order valence-electron chi connectivity index (χ3n) is 4.54. The molecule has 0 unspecified atom stereocenters. The van der Waals surface area contributed by atoms with E-state index in [1.807, 2.05) is 36.4 Å². The molecule has 0 saturated heterocycles. The number of hydrogen-bond acceptors (Lipinski definition) is 3. The number of methoxy groups -OCH3 is 1. The predicted octanol–water partition coefficient (Wildman–Crippen LogP) is 5.63. The fraction of sp³-hybridized carbons (Fsp3) is 0.227. The van der Waals surface area contributed by atoms with Crippen molar-refractivity contribution in [3.63, 3.8) is 0 Å². The molecule has 3 aromatic rings. The molecular formula is C22H21F3N2O. The maximum absolute atomic E-state index is 12.8. The predicted molar refractivity (Wildman–Crippen MR) is 103 cm³/mol. The first-order valence-electron chi connectivity index (χ1n) is 8.87. The average Bonchev–Trinajstić information content (AvgIpc) is 2.72. The van der Waals surface area contributed by atoms with E-state index in [0.29, 0.717) is 23.4 Å². The van der Waals surface area contributed by atoms with Gasteiger partial charge >= 0.3 is 6.18 Å². The monoisotopic (exact) mass is 386 g/mol. The largest absolute Gasteiger partial charge is 0.496 e. The molecule has 1 atom stereocenters. The first-order chi connectivity index (χ1) is 13.4. The zero-order valence-electron chi connectivity index (χ0n) is 15.6. The van der Waals surface area contributed by atoms with Crippen LogP contribution in [0.5, 0.6) is 5.75 Å². The highest BCUT2D eigenvalue weighted by Crippen LogP contribution is 2.33. The van der Waals surface area contributed by atoms with Crippen molar-refractivity contribution in [3.8, 4) is 16.9 Å². The number of halogens is 3. The van der Waals surface area contributed by atoms with Gasteiger partial charge < -0.3 is 10.1 Å². The Morgan fingerprint density at radius 1 is 1.04 bits per heavy atom. The van der Waals surface area contributed by atoms with Gasteiger partial charge in [0.05, 0.1) is 7.11 Å². The minimum Gasteiger partial charge on any atom is -0.496 e. The number of rotatable bonds is 6. The Labute approximate surface area is 162 Å². The van der Waals surface area contributed by atoms with Crippen molar-refractivity contribution in [3.05, 3.63) is 83.7 Å². The fourth-order valence-corrected chi connectivity index (χ4v) is 2.94. The summed E-state index contributed by atoms with van der Waals surface area (Å²) < 4.78 is 43.6. The molecule has 0 bridgehead atoms. The molecule has 1 aromatic heterocycles. The number of ether oxygens (including phenoxy) is 1. The molecule has 3 nitrogen and oxygen atoms in total. The van der Waals surface area contributed by atoms with E-state index in [1.54, 1.807) is 0 Å². The van der Waals surface area contributed by atoms with Crippen LogP contribution in [0.1, 0.15) is 29.8 Å². The third kappa shape index (κ3) is 4.70. The second-order valence-corrected chi connectivity index (χ2v) is 6.48. The van der Waals surface area contributed by atoms with Crippen molar-refractivity contribution in [2.75, 3.05) is 7.11 Å². The number of hydrogen-bond donors (Lipinski definition) is 1. The molecule has 0 spiro atoms. The molecule has 6 heteroatoms. The van der Waals surface area contributed by atoms with E-state index >= 15 is 0 Å². The summed E-state index contributed by atoms with van der Waals surface area (Å²) in [6.45, 7) is 2.70. The first kappa shape index (κ1) is 19.9. The van der Waals surface area contributed by atoms with E-state index in [2.05, 4.69) is 29.4 Å². The number of nitrogens with zero attached hydrogens (tertiary/aromatic N) is 1. The van der Waals surface area contributed by atoms with Crippen molar-refractivity contribution in [1.82, 2.24) is 10.3 Å². The molecule has 146 valence electrons. The van der Waals surface area contributed by atoms with Crippen LogP contribution in [-0.2, 0) is 12.7 Å². The van der Waals surface area contributed by atoms with Crippen molar-refractivity contribution < 1.29 is 17.9 Å². The second kappa shape index (κ2) is 8.44. The summed E-state index contributed by atoms with van der Waals surface area (Å²) in [5, 5.41) is 3.46. The van der Waals surface area contributed by atoms with Crippen LogP contribution in [0.15, 0.2) is 66.9 Å². The van der Waals surface area contributed by atoms with Crippen LogP contribution in [0.4, 0.5) is 13.2 Å². The van der Waals surface area contributed by atoms with Gasteiger partial charge in [-0.1, -0.05) is 42.5 Å². The van der Waals surface area contributed by atoms with Crippen LogP contribution in [0.25, 0.3) is 11.1 Å². The highest BCUT2D eigenvalue weighted by molar-refractivity contribution is 5.70. The molecule has 1 heterocycles. The molecule has 0 aliphatic heterocycles. The normalized spacial score (nSPS) is 12.6. The van der Waals surface area contributed by atoms with Gasteiger partial charge in [-0.15, -0.1) is 0 Å². The highest BCUT2D eigenvalue weighted by Gasteiger charge is 2.32. The van der Waals surface area contributed by atoms with Crippen LogP contribution >= 0.6 is 0 Å². The van der Waals surface area contributed by atoms with Gasteiger partial charge in [0.1, 0.15) is 11.4 Å². The standard InChI is InChI=1S/C22H21F3N2O/c1-15(17-6-4-3-5-7-17)26-13-16-8-10-20(28-2)19(12-16)18-9-11-21(27-14-18)22(23,24)25/h3-12,14-15,26H,13H2,1-2H3/t15-/m1/s1. The van der Waals surface area contributed by atoms with Gasteiger partial charge in [-0.05, 0) is 36.2 Å². The number of benzene rings is 2.